The van der Waals surface area contributed by atoms with E-state index in [2.05, 4.69) is 10.1 Å². The van der Waals surface area contributed by atoms with Crippen LogP contribution in [0.25, 0.3) is 22.6 Å². The van der Waals surface area contributed by atoms with E-state index >= 15 is 0 Å². The van der Waals surface area contributed by atoms with Crippen molar-refractivity contribution in [3.63, 3.8) is 0 Å². The number of fused-ring (bicyclic) bond motifs is 1. The third kappa shape index (κ3) is 2.93. The van der Waals surface area contributed by atoms with Crippen LogP contribution < -0.4 is 0 Å². The predicted octanol–water partition coefficient (Wildman–Crippen LogP) is 4.18. The van der Waals surface area contributed by atoms with Gasteiger partial charge in [0.05, 0.1) is 11.0 Å². The Kier molecular flexibility index (Phi) is 3.62. The van der Waals surface area contributed by atoms with Gasteiger partial charge < -0.3 is 4.57 Å². The van der Waals surface area contributed by atoms with Crippen molar-refractivity contribution in [3.05, 3.63) is 36.3 Å². The zero-order valence-electron chi connectivity index (χ0n) is 12.5. The Labute approximate surface area is 129 Å². The van der Waals surface area contributed by atoms with Crippen LogP contribution in [0.4, 0.5) is 17.6 Å². The van der Waals surface area contributed by atoms with Crippen molar-refractivity contribution in [2.75, 3.05) is 0 Å². The van der Waals surface area contributed by atoms with Gasteiger partial charge >= 0.3 is 6.18 Å². The number of aromatic nitrogens is 4. The summed E-state index contributed by atoms with van der Waals surface area (Å²) in [5, 5.41) is 3.74. The van der Waals surface area contributed by atoms with Gasteiger partial charge in [-0.3, -0.25) is 4.68 Å². The zero-order chi connectivity index (χ0) is 16.8. The molecule has 0 saturated carbocycles. The van der Waals surface area contributed by atoms with Gasteiger partial charge in [0.1, 0.15) is 18.1 Å². The van der Waals surface area contributed by atoms with Crippen LogP contribution >= 0.6 is 0 Å². The maximum atomic E-state index is 13.5. The summed E-state index contributed by atoms with van der Waals surface area (Å²) in [6, 6.07) is 5.48. The lowest BCUT2D eigenvalue weighted by Crippen LogP contribution is -2.20. The monoisotopic (exact) mass is 326 g/mol. The summed E-state index contributed by atoms with van der Waals surface area (Å²) < 4.78 is 54.2. The van der Waals surface area contributed by atoms with Crippen LogP contribution in [0.1, 0.15) is 19.9 Å². The molecule has 23 heavy (non-hydrogen) atoms. The first-order valence-electron chi connectivity index (χ1n) is 7.02. The summed E-state index contributed by atoms with van der Waals surface area (Å²) in [7, 11) is 0. The number of nitrogens with zero attached hydrogens (tertiary/aromatic N) is 4. The summed E-state index contributed by atoms with van der Waals surface area (Å²) in [4.78, 5) is 4.38. The van der Waals surface area contributed by atoms with E-state index in [9.17, 15) is 17.6 Å². The number of benzene rings is 1. The highest BCUT2D eigenvalue weighted by Gasteiger charge is 2.30. The van der Waals surface area contributed by atoms with Crippen LogP contribution in [0, 0.1) is 5.82 Å². The van der Waals surface area contributed by atoms with E-state index in [0.29, 0.717) is 16.9 Å². The summed E-state index contributed by atoms with van der Waals surface area (Å²) in [6.07, 6.45) is -3.09. The van der Waals surface area contributed by atoms with Crippen molar-refractivity contribution in [2.45, 2.75) is 32.6 Å². The second kappa shape index (κ2) is 5.36. The van der Waals surface area contributed by atoms with Crippen LogP contribution in [0.5, 0.6) is 0 Å². The molecule has 3 aromatic rings. The number of halogens is 4. The van der Waals surface area contributed by atoms with Crippen molar-refractivity contribution in [3.8, 4) is 11.5 Å². The van der Waals surface area contributed by atoms with E-state index in [1.165, 1.54) is 30.5 Å². The Bertz CT molecular complexity index is 845. The predicted molar refractivity (Wildman–Crippen MR) is 77.4 cm³/mol. The molecule has 8 heteroatoms. The Morgan fingerprint density at radius 3 is 2.57 bits per heavy atom. The molecule has 0 aliphatic carbocycles. The van der Waals surface area contributed by atoms with Gasteiger partial charge in [-0.15, -0.1) is 0 Å². The Morgan fingerprint density at radius 2 is 1.91 bits per heavy atom. The number of hydrogen-bond donors (Lipinski definition) is 0. The van der Waals surface area contributed by atoms with E-state index in [1.54, 1.807) is 4.57 Å². The van der Waals surface area contributed by atoms with Gasteiger partial charge in [-0.1, -0.05) is 0 Å². The minimum atomic E-state index is -4.39. The van der Waals surface area contributed by atoms with E-state index < -0.39 is 18.5 Å². The van der Waals surface area contributed by atoms with Crippen molar-refractivity contribution < 1.29 is 17.6 Å². The molecule has 2 aromatic heterocycles. The first kappa shape index (κ1) is 15.5. The van der Waals surface area contributed by atoms with Crippen LogP contribution in [0.3, 0.4) is 0 Å². The molecule has 0 bridgehead atoms. The van der Waals surface area contributed by atoms with E-state index in [0.717, 1.165) is 4.68 Å². The van der Waals surface area contributed by atoms with Gasteiger partial charge in [-0.2, -0.15) is 18.3 Å². The van der Waals surface area contributed by atoms with Crippen molar-refractivity contribution >= 4 is 11.0 Å². The Morgan fingerprint density at radius 1 is 1.17 bits per heavy atom. The first-order chi connectivity index (χ1) is 10.8. The van der Waals surface area contributed by atoms with Gasteiger partial charge in [0.15, 0.2) is 5.82 Å². The van der Waals surface area contributed by atoms with E-state index in [4.69, 9.17) is 0 Å². The van der Waals surface area contributed by atoms with Gasteiger partial charge in [0.2, 0.25) is 0 Å². The van der Waals surface area contributed by atoms with E-state index in [1.807, 2.05) is 13.8 Å². The Balaban J connectivity index is 2.21. The number of alkyl halides is 3. The molecule has 1 aromatic carbocycles. The summed E-state index contributed by atoms with van der Waals surface area (Å²) in [5.41, 5.74) is 1.30. The molecule has 0 spiro atoms. The van der Waals surface area contributed by atoms with Crippen LogP contribution in [0.15, 0.2) is 30.5 Å². The average Bonchev–Trinajstić information content (AvgIpc) is 2.99. The molecular formula is C15H14F4N4. The highest BCUT2D eigenvalue weighted by Crippen LogP contribution is 2.30. The summed E-state index contributed by atoms with van der Waals surface area (Å²) in [6.45, 7) is 2.52. The molecule has 0 aliphatic rings. The molecule has 0 N–H and O–H groups in total. The topological polar surface area (TPSA) is 35.6 Å². The van der Waals surface area contributed by atoms with Crippen LogP contribution in [-0.2, 0) is 6.54 Å². The van der Waals surface area contributed by atoms with Gasteiger partial charge in [0.25, 0.3) is 0 Å². The largest absolute Gasteiger partial charge is 0.408 e. The second-order valence-electron chi connectivity index (χ2n) is 5.52. The highest BCUT2D eigenvalue weighted by atomic mass is 19.4. The van der Waals surface area contributed by atoms with Gasteiger partial charge in [-0.05, 0) is 38.1 Å². The molecule has 0 atom stereocenters. The van der Waals surface area contributed by atoms with Gasteiger partial charge in [-0.25, -0.2) is 9.37 Å². The molecule has 3 rings (SSSR count). The molecule has 2 heterocycles. The maximum absolute atomic E-state index is 13.5. The molecule has 0 saturated heterocycles. The molecular weight excluding hydrogens is 312 g/mol. The highest BCUT2D eigenvalue weighted by molar-refractivity contribution is 5.80. The number of hydrogen-bond acceptors (Lipinski definition) is 2. The van der Waals surface area contributed by atoms with Crippen LogP contribution in [0.2, 0.25) is 0 Å². The minimum absolute atomic E-state index is 0.106. The molecule has 122 valence electrons. The summed E-state index contributed by atoms with van der Waals surface area (Å²) in [5.74, 6) is -0.0861. The fourth-order valence-corrected chi connectivity index (χ4v) is 2.59. The number of rotatable bonds is 3. The Hall–Kier alpha value is -2.38. The van der Waals surface area contributed by atoms with E-state index in [-0.39, 0.29) is 11.7 Å². The SMILES string of the molecule is CC(C)n1c(-c2ccnn2CC(F)(F)F)nc2ccc(F)cc21. The minimum Gasteiger partial charge on any atom is -0.320 e. The van der Waals surface area contributed by atoms with Crippen molar-refractivity contribution in [1.29, 1.82) is 0 Å². The van der Waals surface area contributed by atoms with Crippen LogP contribution in [-0.4, -0.2) is 25.5 Å². The lowest BCUT2D eigenvalue weighted by molar-refractivity contribution is -0.142. The first-order valence-corrected chi connectivity index (χ1v) is 7.02. The third-order valence-electron chi connectivity index (χ3n) is 3.44. The molecule has 4 nitrogen and oxygen atoms in total. The average molecular weight is 326 g/mol. The zero-order valence-corrected chi connectivity index (χ0v) is 12.5. The second-order valence-corrected chi connectivity index (χ2v) is 5.52. The molecule has 0 fully saturated rings. The lowest BCUT2D eigenvalue weighted by Gasteiger charge is -2.15. The standard InChI is InChI=1S/C15H14F4N4/c1-9(2)23-13-7-10(16)3-4-11(13)21-14(23)12-5-6-20-22(12)8-15(17,18)19/h3-7,9H,8H2,1-2H3. The van der Waals surface area contributed by atoms with Crippen molar-refractivity contribution in [2.24, 2.45) is 0 Å². The smallest absolute Gasteiger partial charge is 0.320 e. The third-order valence-corrected chi connectivity index (χ3v) is 3.44. The lowest BCUT2D eigenvalue weighted by atomic mass is 10.2. The fourth-order valence-electron chi connectivity index (χ4n) is 2.59. The summed E-state index contributed by atoms with van der Waals surface area (Å²) >= 11 is 0. The molecule has 0 amide bonds. The molecule has 0 radical (unpaired) electrons. The molecule has 0 aliphatic heterocycles. The van der Waals surface area contributed by atoms with Crippen molar-refractivity contribution in [1.82, 2.24) is 19.3 Å². The normalized spacial score (nSPS) is 12.5. The quantitative estimate of drug-likeness (QED) is 0.677. The fraction of sp³-hybridized carbons (Fsp3) is 0.333. The number of imidazole rings is 1. The molecule has 0 unspecified atom stereocenters. The van der Waals surface area contributed by atoms with Gasteiger partial charge in [0, 0.05) is 12.2 Å². The maximum Gasteiger partial charge on any atom is 0.408 e.